The smallest absolute Gasteiger partial charge is 0.191 e. The third-order valence-corrected chi connectivity index (χ3v) is 2.04. The first-order valence-corrected chi connectivity index (χ1v) is 4.65. The largest absolute Gasteiger partial charge is 0.482 e. The summed E-state index contributed by atoms with van der Waals surface area (Å²) in [7, 11) is 0. The molecule has 1 aromatic rings. The number of halogens is 2. The molecule has 1 aromatic carbocycles. The Bertz CT molecular complexity index is 289. The topological polar surface area (TPSA) is 35.2 Å². The van der Waals surface area contributed by atoms with Gasteiger partial charge < -0.3 is 10.5 Å². The number of benzene rings is 1. The fourth-order valence-electron chi connectivity index (χ4n) is 0.821. The monoisotopic (exact) mass is 251 g/mol. The number of nitrogens with two attached hydrogens (primary N) is 1. The zero-order valence-electron chi connectivity index (χ0n) is 7.40. The average Bonchev–Trinajstić information content (AvgIpc) is 2.15. The Morgan fingerprint density at radius 1 is 1.36 bits per heavy atom. The van der Waals surface area contributed by atoms with E-state index in [0.29, 0.717) is 23.2 Å². The molecule has 5 heteroatoms. The van der Waals surface area contributed by atoms with Gasteiger partial charge in [-0.2, -0.15) is 0 Å². The molecule has 0 radical (unpaired) electrons. The van der Waals surface area contributed by atoms with Gasteiger partial charge in [0.25, 0.3) is 0 Å². The highest BCUT2D eigenvalue weighted by atomic mass is 35.5. The van der Waals surface area contributed by atoms with Crippen LogP contribution in [0.2, 0.25) is 5.02 Å². The maximum atomic E-state index is 5.72. The van der Waals surface area contributed by atoms with Crippen molar-refractivity contribution in [2.75, 3.05) is 13.2 Å². The molecule has 0 fully saturated rings. The molecule has 78 valence electrons. The first-order chi connectivity index (χ1) is 6.24. The maximum Gasteiger partial charge on any atom is 0.191 e. The third kappa shape index (κ3) is 4.24. The summed E-state index contributed by atoms with van der Waals surface area (Å²) < 4.78 is 5.18. The minimum Gasteiger partial charge on any atom is -0.482 e. The second-order valence-electron chi connectivity index (χ2n) is 2.43. The average molecular weight is 252 g/mol. The lowest BCUT2D eigenvalue weighted by molar-refractivity contribution is 0.325. The van der Waals surface area contributed by atoms with Crippen LogP contribution >= 0.6 is 36.2 Å². The van der Waals surface area contributed by atoms with Crippen molar-refractivity contribution in [1.82, 2.24) is 0 Å². The van der Waals surface area contributed by atoms with Crippen LogP contribution in [0.3, 0.4) is 0 Å². The molecular weight excluding hydrogens is 241 g/mol. The van der Waals surface area contributed by atoms with Gasteiger partial charge in [0.15, 0.2) is 5.05 Å². The fourth-order valence-corrected chi connectivity index (χ4v) is 1.17. The lowest BCUT2D eigenvalue weighted by atomic mass is 10.2. The molecule has 0 spiro atoms. The molecule has 0 amide bonds. The standard InChI is InChI=1S/C9H10ClNOS.ClH/c10-8-3-1-7(2-4-8)9(13)12-6-5-11;/h1-4H,5-6,11H2;1H. The molecule has 2 N–H and O–H groups in total. The summed E-state index contributed by atoms with van der Waals surface area (Å²) in [5, 5.41) is 1.15. The zero-order valence-corrected chi connectivity index (χ0v) is 9.79. The molecule has 0 aromatic heterocycles. The summed E-state index contributed by atoms with van der Waals surface area (Å²) >= 11 is 10.7. The van der Waals surface area contributed by atoms with Crippen molar-refractivity contribution in [2.45, 2.75) is 0 Å². The van der Waals surface area contributed by atoms with Gasteiger partial charge in [-0.15, -0.1) is 12.4 Å². The minimum absolute atomic E-state index is 0. The summed E-state index contributed by atoms with van der Waals surface area (Å²) in [6, 6.07) is 7.19. The van der Waals surface area contributed by atoms with E-state index in [1.54, 1.807) is 12.1 Å². The molecule has 0 aliphatic rings. The van der Waals surface area contributed by atoms with Crippen molar-refractivity contribution >= 4 is 41.3 Å². The summed E-state index contributed by atoms with van der Waals surface area (Å²) in [6.07, 6.45) is 0. The van der Waals surface area contributed by atoms with E-state index in [1.807, 2.05) is 12.1 Å². The van der Waals surface area contributed by atoms with E-state index >= 15 is 0 Å². The van der Waals surface area contributed by atoms with E-state index in [1.165, 1.54) is 0 Å². The predicted octanol–water partition coefficient (Wildman–Crippen LogP) is 2.41. The second-order valence-corrected chi connectivity index (χ2v) is 3.24. The Morgan fingerprint density at radius 3 is 2.43 bits per heavy atom. The van der Waals surface area contributed by atoms with Crippen molar-refractivity contribution in [2.24, 2.45) is 5.73 Å². The minimum atomic E-state index is 0. The summed E-state index contributed by atoms with van der Waals surface area (Å²) in [4.78, 5) is 0. The van der Waals surface area contributed by atoms with E-state index in [-0.39, 0.29) is 12.4 Å². The van der Waals surface area contributed by atoms with Crippen LogP contribution < -0.4 is 5.73 Å². The number of rotatable bonds is 3. The van der Waals surface area contributed by atoms with Gasteiger partial charge in [0.05, 0.1) is 0 Å². The molecule has 0 saturated heterocycles. The van der Waals surface area contributed by atoms with Crippen LogP contribution in [0.1, 0.15) is 5.56 Å². The van der Waals surface area contributed by atoms with E-state index in [4.69, 9.17) is 34.3 Å². The molecular formula is C9H11Cl2NOS. The molecule has 14 heavy (non-hydrogen) atoms. The van der Waals surface area contributed by atoms with Crippen LogP contribution in [-0.2, 0) is 4.74 Å². The Morgan fingerprint density at radius 2 is 1.93 bits per heavy atom. The summed E-state index contributed by atoms with van der Waals surface area (Å²) in [5.41, 5.74) is 6.13. The van der Waals surface area contributed by atoms with Crippen molar-refractivity contribution in [3.63, 3.8) is 0 Å². The Hall–Kier alpha value is -0.350. The van der Waals surface area contributed by atoms with Gasteiger partial charge in [-0.3, -0.25) is 0 Å². The van der Waals surface area contributed by atoms with Gasteiger partial charge in [0, 0.05) is 17.1 Å². The number of hydrogen-bond acceptors (Lipinski definition) is 3. The Balaban J connectivity index is 0.00000169. The van der Waals surface area contributed by atoms with Gasteiger partial charge in [0.1, 0.15) is 6.61 Å². The fraction of sp³-hybridized carbons (Fsp3) is 0.222. The molecule has 0 aliphatic carbocycles. The Labute approximate surface area is 99.8 Å². The highest BCUT2D eigenvalue weighted by molar-refractivity contribution is 7.80. The lowest BCUT2D eigenvalue weighted by Crippen LogP contribution is -2.12. The second kappa shape index (κ2) is 7.01. The first kappa shape index (κ1) is 13.7. The van der Waals surface area contributed by atoms with Gasteiger partial charge in [-0.25, -0.2) is 0 Å². The van der Waals surface area contributed by atoms with Gasteiger partial charge >= 0.3 is 0 Å². The molecule has 1 rings (SSSR count). The quantitative estimate of drug-likeness (QED) is 0.839. The highest BCUT2D eigenvalue weighted by Gasteiger charge is 2.00. The van der Waals surface area contributed by atoms with Crippen LogP contribution in [0, 0.1) is 0 Å². The van der Waals surface area contributed by atoms with Crippen molar-refractivity contribution in [1.29, 1.82) is 0 Å². The number of ether oxygens (including phenoxy) is 1. The van der Waals surface area contributed by atoms with Crippen LogP contribution in [0.5, 0.6) is 0 Å². The summed E-state index contributed by atoms with van der Waals surface area (Å²) in [6.45, 7) is 0.912. The van der Waals surface area contributed by atoms with Crippen molar-refractivity contribution in [3.05, 3.63) is 34.9 Å². The SMILES string of the molecule is Cl.NCCOC(=S)c1ccc(Cl)cc1. The highest BCUT2D eigenvalue weighted by Crippen LogP contribution is 2.10. The van der Waals surface area contributed by atoms with Crippen LogP contribution in [-0.4, -0.2) is 18.2 Å². The molecule has 2 nitrogen and oxygen atoms in total. The van der Waals surface area contributed by atoms with E-state index in [9.17, 15) is 0 Å². The molecule has 0 aliphatic heterocycles. The van der Waals surface area contributed by atoms with Crippen LogP contribution in [0.4, 0.5) is 0 Å². The van der Waals surface area contributed by atoms with Crippen LogP contribution in [0.25, 0.3) is 0 Å². The third-order valence-electron chi connectivity index (χ3n) is 1.43. The van der Waals surface area contributed by atoms with E-state index in [2.05, 4.69) is 0 Å². The molecule has 0 bridgehead atoms. The van der Waals surface area contributed by atoms with Crippen LogP contribution in [0.15, 0.2) is 24.3 Å². The zero-order chi connectivity index (χ0) is 9.68. The summed E-state index contributed by atoms with van der Waals surface area (Å²) in [5.74, 6) is 0. The van der Waals surface area contributed by atoms with Gasteiger partial charge in [0.2, 0.25) is 0 Å². The molecule has 0 saturated carbocycles. The number of hydrogen-bond donors (Lipinski definition) is 1. The van der Waals surface area contributed by atoms with E-state index in [0.717, 1.165) is 5.56 Å². The molecule has 0 atom stereocenters. The van der Waals surface area contributed by atoms with Gasteiger partial charge in [-0.05, 0) is 36.5 Å². The normalized spacial score (nSPS) is 9.00. The molecule has 0 unspecified atom stereocenters. The lowest BCUT2D eigenvalue weighted by Gasteiger charge is -2.05. The van der Waals surface area contributed by atoms with Crippen molar-refractivity contribution < 1.29 is 4.74 Å². The predicted molar refractivity (Wildman–Crippen MR) is 65.4 cm³/mol. The number of thiocarbonyl (C=S) groups is 1. The first-order valence-electron chi connectivity index (χ1n) is 3.87. The van der Waals surface area contributed by atoms with E-state index < -0.39 is 0 Å². The van der Waals surface area contributed by atoms with Gasteiger partial charge in [-0.1, -0.05) is 11.6 Å². The molecule has 0 heterocycles. The Kier molecular flexibility index (Phi) is 6.83. The maximum absolute atomic E-state index is 5.72. The van der Waals surface area contributed by atoms with Crippen molar-refractivity contribution in [3.8, 4) is 0 Å².